The summed E-state index contributed by atoms with van der Waals surface area (Å²) in [7, 11) is -0.983. The van der Waals surface area contributed by atoms with E-state index in [1.165, 1.54) is 43.1 Å². The van der Waals surface area contributed by atoms with Gasteiger partial charge in [-0.2, -0.15) is 0 Å². The molecular formula is C17H27NSi. The summed E-state index contributed by atoms with van der Waals surface area (Å²) in [5.41, 5.74) is 4.52. The lowest BCUT2D eigenvalue weighted by Crippen LogP contribution is -2.31. The average molecular weight is 273 g/mol. The standard InChI is InChI=1S/C17H27NSi/c1-15(14-19(2,3)4)9-11-18-12-10-16-7-5-6-8-17(16)13-18/h5-8H,1,9-14H2,2-4H3. The van der Waals surface area contributed by atoms with E-state index < -0.39 is 8.07 Å². The number of rotatable bonds is 5. The highest BCUT2D eigenvalue weighted by Gasteiger charge is 2.17. The van der Waals surface area contributed by atoms with Crippen LogP contribution in [0.25, 0.3) is 0 Å². The van der Waals surface area contributed by atoms with E-state index in [0.717, 1.165) is 6.54 Å². The summed E-state index contributed by atoms with van der Waals surface area (Å²) in [6.45, 7) is 15.1. The third-order valence-corrected chi connectivity index (χ3v) is 5.33. The molecule has 19 heavy (non-hydrogen) atoms. The second kappa shape index (κ2) is 6.06. The molecule has 1 aromatic rings. The topological polar surface area (TPSA) is 3.24 Å². The van der Waals surface area contributed by atoms with Crippen molar-refractivity contribution >= 4 is 8.07 Å². The molecule has 0 radical (unpaired) electrons. The minimum atomic E-state index is -0.983. The van der Waals surface area contributed by atoms with Crippen molar-refractivity contribution in [2.24, 2.45) is 0 Å². The summed E-state index contributed by atoms with van der Waals surface area (Å²) in [6, 6.07) is 10.1. The largest absolute Gasteiger partial charge is 0.298 e. The molecule has 0 spiro atoms. The van der Waals surface area contributed by atoms with Crippen molar-refractivity contribution in [3.63, 3.8) is 0 Å². The maximum absolute atomic E-state index is 4.28. The Labute approximate surface area is 119 Å². The second-order valence-corrected chi connectivity index (χ2v) is 12.5. The number of hydrogen-bond donors (Lipinski definition) is 0. The molecule has 0 aromatic heterocycles. The first-order valence-electron chi connectivity index (χ1n) is 7.40. The SMILES string of the molecule is C=C(CCN1CCc2ccccc2C1)C[Si](C)(C)C. The van der Waals surface area contributed by atoms with E-state index in [1.807, 2.05) is 0 Å². The van der Waals surface area contributed by atoms with Crippen LogP contribution in [0.2, 0.25) is 25.7 Å². The predicted molar refractivity (Wildman–Crippen MR) is 87.3 cm³/mol. The molecule has 0 N–H and O–H groups in total. The highest BCUT2D eigenvalue weighted by molar-refractivity contribution is 6.76. The van der Waals surface area contributed by atoms with E-state index >= 15 is 0 Å². The van der Waals surface area contributed by atoms with Gasteiger partial charge >= 0.3 is 0 Å². The molecule has 1 heterocycles. The lowest BCUT2D eigenvalue weighted by molar-refractivity contribution is 0.257. The van der Waals surface area contributed by atoms with Gasteiger partial charge < -0.3 is 0 Å². The Morgan fingerprint density at radius 1 is 1.21 bits per heavy atom. The second-order valence-electron chi connectivity index (χ2n) is 7.03. The summed E-state index contributed by atoms with van der Waals surface area (Å²) in [6.07, 6.45) is 2.38. The zero-order valence-corrected chi connectivity index (χ0v) is 13.7. The predicted octanol–water partition coefficient (Wildman–Crippen LogP) is 4.33. The van der Waals surface area contributed by atoms with Gasteiger partial charge in [-0.1, -0.05) is 49.5 Å². The van der Waals surface area contributed by atoms with E-state index in [4.69, 9.17) is 0 Å². The lowest BCUT2D eigenvalue weighted by Gasteiger charge is -2.29. The quantitative estimate of drug-likeness (QED) is 0.570. The van der Waals surface area contributed by atoms with Crippen LogP contribution in [-0.4, -0.2) is 26.1 Å². The van der Waals surface area contributed by atoms with Gasteiger partial charge in [-0.3, -0.25) is 4.90 Å². The zero-order valence-electron chi connectivity index (χ0n) is 12.7. The van der Waals surface area contributed by atoms with Crippen LogP contribution in [0.5, 0.6) is 0 Å². The molecule has 0 aliphatic carbocycles. The molecule has 1 aliphatic heterocycles. The van der Waals surface area contributed by atoms with Gasteiger partial charge in [-0.05, 0) is 30.0 Å². The van der Waals surface area contributed by atoms with Crippen molar-refractivity contribution < 1.29 is 0 Å². The number of nitrogens with zero attached hydrogens (tertiary/aromatic N) is 1. The van der Waals surface area contributed by atoms with Crippen LogP contribution < -0.4 is 0 Å². The average Bonchev–Trinajstić information content (AvgIpc) is 2.34. The minimum Gasteiger partial charge on any atom is -0.298 e. The van der Waals surface area contributed by atoms with Gasteiger partial charge in [0, 0.05) is 27.7 Å². The fraction of sp³-hybridized carbons (Fsp3) is 0.529. The Hall–Kier alpha value is -0.863. The molecule has 0 bridgehead atoms. The number of hydrogen-bond acceptors (Lipinski definition) is 1. The maximum atomic E-state index is 4.28. The van der Waals surface area contributed by atoms with Gasteiger partial charge in [-0.25, -0.2) is 0 Å². The zero-order chi connectivity index (χ0) is 13.9. The molecule has 0 saturated heterocycles. The van der Waals surface area contributed by atoms with Crippen LogP contribution in [0.15, 0.2) is 36.4 Å². The van der Waals surface area contributed by atoms with Gasteiger partial charge in [0.05, 0.1) is 0 Å². The van der Waals surface area contributed by atoms with Crippen molar-refractivity contribution in [3.8, 4) is 0 Å². The maximum Gasteiger partial charge on any atom is 0.0483 e. The fourth-order valence-electron chi connectivity index (χ4n) is 2.90. The van der Waals surface area contributed by atoms with Crippen LogP contribution in [-0.2, 0) is 13.0 Å². The van der Waals surface area contributed by atoms with Gasteiger partial charge in [0.15, 0.2) is 0 Å². The summed E-state index contributed by atoms with van der Waals surface area (Å²) < 4.78 is 0. The summed E-state index contributed by atoms with van der Waals surface area (Å²) in [4.78, 5) is 2.58. The Bertz CT molecular complexity index is 445. The van der Waals surface area contributed by atoms with E-state index in [9.17, 15) is 0 Å². The summed E-state index contributed by atoms with van der Waals surface area (Å²) in [5.74, 6) is 0. The Morgan fingerprint density at radius 2 is 1.89 bits per heavy atom. The molecular weight excluding hydrogens is 246 g/mol. The first kappa shape index (κ1) is 14.5. The van der Waals surface area contributed by atoms with Crippen molar-refractivity contribution in [3.05, 3.63) is 47.5 Å². The Morgan fingerprint density at radius 3 is 2.58 bits per heavy atom. The van der Waals surface area contributed by atoms with Crippen LogP contribution in [0.4, 0.5) is 0 Å². The first-order chi connectivity index (χ1) is 8.94. The monoisotopic (exact) mass is 273 g/mol. The van der Waals surface area contributed by atoms with E-state index in [1.54, 1.807) is 5.56 Å². The highest BCUT2D eigenvalue weighted by atomic mass is 28.3. The van der Waals surface area contributed by atoms with Crippen molar-refractivity contribution in [1.29, 1.82) is 0 Å². The van der Waals surface area contributed by atoms with Crippen LogP contribution in [0, 0.1) is 0 Å². The minimum absolute atomic E-state index is 0.983. The first-order valence-corrected chi connectivity index (χ1v) is 11.1. The number of benzene rings is 1. The molecule has 1 aromatic carbocycles. The van der Waals surface area contributed by atoms with Gasteiger partial charge in [0.2, 0.25) is 0 Å². The summed E-state index contributed by atoms with van der Waals surface area (Å²) >= 11 is 0. The normalized spacial score (nSPS) is 16.2. The smallest absolute Gasteiger partial charge is 0.0483 e. The van der Waals surface area contributed by atoms with Gasteiger partial charge in [0.25, 0.3) is 0 Å². The molecule has 104 valence electrons. The highest BCUT2D eigenvalue weighted by Crippen LogP contribution is 2.21. The van der Waals surface area contributed by atoms with E-state index in [-0.39, 0.29) is 0 Å². The molecule has 2 rings (SSSR count). The summed E-state index contributed by atoms with van der Waals surface area (Å²) in [5, 5.41) is 0. The fourth-order valence-corrected chi connectivity index (χ4v) is 4.58. The molecule has 1 aliphatic rings. The Balaban J connectivity index is 1.81. The molecule has 0 fully saturated rings. The van der Waals surface area contributed by atoms with Crippen LogP contribution in [0.3, 0.4) is 0 Å². The molecule has 0 atom stereocenters. The van der Waals surface area contributed by atoms with Crippen molar-refractivity contribution in [2.45, 2.75) is 45.1 Å². The molecule has 2 heteroatoms. The molecule has 0 unspecified atom stereocenters. The molecule has 1 nitrogen and oxygen atoms in total. The van der Waals surface area contributed by atoms with Crippen molar-refractivity contribution in [2.75, 3.05) is 13.1 Å². The third kappa shape index (κ3) is 4.63. The van der Waals surface area contributed by atoms with Crippen LogP contribution >= 0.6 is 0 Å². The Kier molecular flexibility index (Phi) is 4.64. The molecule has 0 saturated carbocycles. The lowest BCUT2D eigenvalue weighted by atomic mass is 10.00. The molecule has 0 amide bonds. The van der Waals surface area contributed by atoms with Gasteiger partial charge in [-0.15, -0.1) is 6.58 Å². The van der Waals surface area contributed by atoms with Gasteiger partial charge in [0.1, 0.15) is 0 Å². The van der Waals surface area contributed by atoms with Crippen LogP contribution in [0.1, 0.15) is 17.5 Å². The van der Waals surface area contributed by atoms with E-state index in [0.29, 0.717) is 0 Å². The van der Waals surface area contributed by atoms with E-state index in [2.05, 4.69) is 55.4 Å². The van der Waals surface area contributed by atoms with Crippen molar-refractivity contribution in [1.82, 2.24) is 4.90 Å². The number of fused-ring (bicyclic) bond motifs is 1. The third-order valence-electron chi connectivity index (χ3n) is 3.77.